The molecule has 1 fully saturated rings. The van der Waals surface area contributed by atoms with E-state index in [1.807, 2.05) is 43.3 Å². The number of anilines is 1. The van der Waals surface area contributed by atoms with E-state index in [0.29, 0.717) is 28.2 Å². The molecule has 11 nitrogen and oxygen atoms in total. The molecule has 0 bridgehead atoms. The van der Waals surface area contributed by atoms with Crippen molar-refractivity contribution in [2.45, 2.75) is 32.9 Å². The number of pyridine rings is 1. The van der Waals surface area contributed by atoms with Crippen LogP contribution in [0.4, 0.5) is 14.6 Å². The highest BCUT2D eigenvalue weighted by Gasteiger charge is 2.33. The van der Waals surface area contributed by atoms with Gasteiger partial charge in [0.2, 0.25) is 0 Å². The van der Waals surface area contributed by atoms with Gasteiger partial charge in [-0.15, -0.1) is 0 Å². The Morgan fingerprint density at radius 2 is 1.89 bits per heavy atom. The fourth-order valence-corrected chi connectivity index (χ4v) is 5.90. The lowest BCUT2D eigenvalue weighted by molar-refractivity contribution is -0.131. The first-order valence-corrected chi connectivity index (χ1v) is 14.8. The molecule has 0 aliphatic carbocycles. The number of methoxy groups -OCH3 is 1. The summed E-state index contributed by atoms with van der Waals surface area (Å²) in [4.78, 5) is 37.9. The highest BCUT2D eigenvalue weighted by Crippen LogP contribution is 2.36. The lowest BCUT2D eigenvalue weighted by atomic mass is 9.97. The molecule has 1 aliphatic rings. The molecule has 13 heteroatoms. The molecule has 1 saturated heterocycles. The van der Waals surface area contributed by atoms with Crippen LogP contribution < -0.4 is 14.4 Å². The first-order valence-electron chi connectivity index (χ1n) is 14.8. The number of hydrogen-bond donors (Lipinski definition) is 0. The zero-order valence-corrected chi connectivity index (χ0v) is 26.0. The van der Waals surface area contributed by atoms with Crippen molar-refractivity contribution >= 4 is 33.4 Å². The van der Waals surface area contributed by atoms with Crippen molar-refractivity contribution in [1.82, 2.24) is 29.8 Å². The summed E-state index contributed by atoms with van der Waals surface area (Å²) in [5.74, 6) is -1.51. The summed E-state index contributed by atoms with van der Waals surface area (Å²) in [6, 6.07) is 12.7. The smallest absolute Gasteiger partial charge is 0.319 e. The highest BCUT2D eigenvalue weighted by molar-refractivity contribution is 6.00. The minimum Gasteiger partial charge on any atom is -0.493 e. The van der Waals surface area contributed by atoms with E-state index < -0.39 is 23.6 Å². The van der Waals surface area contributed by atoms with Crippen molar-refractivity contribution in [3.05, 3.63) is 84.1 Å². The Morgan fingerprint density at radius 3 is 2.62 bits per heavy atom. The number of aromatic nitrogens is 5. The Kier molecular flexibility index (Phi) is 8.58. The number of nitriles is 1. The SMILES string of the molecule is C=C(F)C(=O)N1CCN(c2nc(OCc3ncc(OC)c(C)n3)nc3c(F)c(-c4cccc5cccc(C)c45)ncc23)C[C@@H]1CC#N. The number of nitrogens with zero attached hydrogens (tertiary/aromatic N) is 8. The molecular formula is C34H30F2N8O3. The third-order valence-corrected chi connectivity index (χ3v) is 8.15. The van der Waals surface area contributed by atoms with E-state index in [-0.39, 0.29) is 55.7 Å². The van der Waals surface area contributed by atoms with Crippen LogP contribution in [0.15, 0.2) is 61.2 Å². The molecule has 3 aromatic heterocycles. The van der Waals surface area contributed by atoms with Gasteiger partial charge in [-0.3, -0.25) is 9.78 Å². The molecule has 6 rings (SSSR count). The average molecular weight is 637 g/mol. The molecule has 238 valence electrons. The number of benzene rings is 2. The molecule has 1 atom stereocenters. The summed E-state index contributed by atoms with van der Waals surface area (Å²) in [5, 5.41) is 11.6. The molecule has 0 radical (unpaired) electrons. The van der Waals surface area contributed by atoms with Gasteiger partial charge < -0.3 is 19.3 Å². The second kappa shape index (κ2) is 12.9. The van der Waals surface area contributed by atoms with Crippen LogP contribution in [-0.2, 0) is 11.4 Å². The quantitative estimate of drug-likeness (QED) is 0.204. The first kappa shape index (κ1) is 31.2. The molecule has 0 N–H and O–H groups in total. The average Bonchev–Trinajstić information content (AvgIpc) is 3.07. The summed E-state index contributed by atoms with van der Waals surface area (Å²) >= 11 is 0. The summed E-state index contributed by atoms with van der Waals surface area (Å²) in [7, 11) is 1.52. The van der Waals surface area contributed by atoms with E-state index >= 15 is 4.39 Å². The van der Waals surface area contributed by atoms with E-state index in [0.717, 1.165) is 16.3 Å². The van der Waals surface area contributed by atoms with Gasteiger partial charge in [0.25, 0.3) is 5.91 Å². The molecule has 5 aromatic rings. The van der Waals surface area contributed by atoms with Gasteiger partial charge in [0.05, 0.1) is 42.9 Å². The molecule has 4 heterocycles. The maximum atomic E-state index is 16.7. The number of aryl methyl sites for hydroxylation is 2. The Morgan fingerprint density at radius 1 is 1.11 bits per heavy atom. The number of rotatable bonds is 8. The van der Waals surface area contributed by atoms with Crippen molar-refractivity contribution in [2.24, 2.45) is 0 Å². The largest absolute Gasteiger partial charge is 0.493 e. The minimum atomic E-state index is -1.11. The topological polar surface area (TPSA) is 130 Å². The van der Waals surface area contributed by atoms with Crippen LogP contribution in [0, 0.1) is 31.0 Å². The first-order chi connectivity index (χ1) is 22.7. The zero-order chi connectivity index (χ0) is 33.2. The van der Waals surface area contributed by atoms with E-state index in [4.69, 9.17) is 9.47 Å². The molecule has 1 aliphatic heterocycles. The molecule has 2 aromatic carbocycles. The van der Waals surface area contributed by atoms with Crippen molar-refractivity contribution < 1.29 is 23.0 Å². The number of ether oxygens (including phenoxy) is 2. The van der Waals surface area contributed by atoms with Crippen molar-refractivity contribution in [2.75, 3.05) is 31.6 Å². The fraction of sp³-hybridized carbons (Fsp3) is 0.265. The second-order valence-corrected chi connectivity index (χ2v) is 11.1. The lowest BCUT2D eigenvalue weighted by Crippen LogP contribution is -2.55. The van der Waals surface area contributed by atoms with Crippen LogP contribution in [0.1, 0.15) is 23.5 Å². The van der Waals surface area contributed by atoms with Gasteiger partial charge in [-0.25, -0.2) is 18.7 Å². The van der Waals surface area contributed by atoms with Gasteiger partial charge in [0.15, 0.2) is 29.8 Å². The van der Waals surface area contributed by atoms with Crippen LogP contribution in [0.3, 0.4) is 0 Å². The third-order valence-electron chi connectivity index (χ3n) is 8.15. The normalized spacial score (nSPS) is 14.7. The molecular weight excluding hydrogens is 606 g/mol. The summed E-state index contributed by atoms with van der Waals surface area (Å²) < 4.78 is 41.7. The van der Waals surface area contributed by atoms with E-state index in [9.17, 15) is 14.4 Å². The predicted molar refractivity (Wildman–Crippen MR) is 171 cm³/mol. The van der Waals surface area contributed by atoms with E-state index in [1.165, 1.54) is 24.4 Å². The molecule has 0 spiro atoms. The molecule has 0 unspecified atom stereocenters. The Hall–Kier alpha value is -5.77. The van der Waals surface area contributed by atoms with Gasteiger partial charge in [0.1, 0.15) is 17.0 Å². The number of carbonyl (C=O) groups excluding carboxylic acids is 1. The molecule has 47 heavy (non-hydrogen) atoms. The van der Waals surface area contributed by atoms with Gasteiger partial charge in [-0.2, -0.15) is 15.2 Å². The van der Waals surface area contributed by atoms with Crippen LogP contribution in [0.2, 0.25) is 0 Å². The summed E-state index contributed by atoms with van der Waals surface area (Å²) in [6.45, 7) is 7.14. The molecule has 0 saturated carbocycles. The minimum absolute atomic E-state index is 0.0279. The fourth-order valence-electron chi connectivity index (χ4n) is 5.90. The number of carbonyl (C=O) groups is 1. The van der Waals surface area contributed by atoms with E-state index in [2.05, 4.69) is 37.6 Å². The maximum Gasteiger partial charge on any atom is 0.319 e. The van der Waals surface area contributed by atoms with E-state index in [1.54, 1.807) is 11.8 Å². The molecule has 1 amide bonds. The van der Waals surface area contributed by atoms with Gasteiger partial charge >= 0.3 is 6.01 Å². The number of amides is 1. The number of hydrogen-bond acceptors (Lipinski definition) is 10. The van der Waals surface area contributed by atoms with Crippen molar-refractivity contribution in [1.29, 1.82) is 5.26 Å². The number of piperazine rings is 1. The van der Waals surface area contributed by atoms with Gasteiger partial charge in [0, 0.05) is 31.4 Å². The van der Waals surface area contributed by atoms with Crippen LogP contribution in [-0.4, -0.2) is 68.5 Å². The van der Waals surface area contributed by atoms with Gasteiger partial charge in [-0.05, 0) is 30.2 Å². The second-order valence-electron chi connectivity index (χ2n) is 11.1. The summed E-state index contributed by atoms with van der Waals surface area (Å²) in [6.07, 6.45) is 2.98. The number of halogens is 2. The zero-order valence-electron chi connectivity index (χ0n) is 26.0. The van der Waals surface area contributed by atoms with Crippen molar-refractivity contribution in [3.63, 3.8) is 0 Å². The standard InChI is InChI=1S/C34H30F2N8O3/c1-19-7-5-8-22-9-6-10-24(28(19)22)30-29(36)31-25(15-39-30)32(43-13-14-44(33(45)20(2)35)23(17-43)11-12-37)42-34(41-31)47-18-27-38-16-26(46-4)21(3)40-27/h5-10,15-16,23H,2,11,13-14,17-18H2,1,3-4H3/t23-/m0/s1. The van der Waals surface area contributed by atoms with Gasteiger partial charge in [-0.1, -0.05) is 43.0 Å². The third kappa shape index (κ3) is 5.97. The lowest BCUT2D eigenvalue weighted by Gasteiger charge is -2.41. The summed E-state index contributed by atoms with van der Waals surface area (Å²) in [5.41, 5.74) is 2.27. The Labute approximate surface area is 269 Å². The highest BCUT2D eigenvalue weighted by atomic mass is 19.1. The maximum absolute atomic E-state index is 16.7. The number of fused-ring (bicyclic) bond motifs is 2. The van der Waals surface area contributed by atoms with Crippen LogP contribution in [0.25, 0.3) is 32.9 Å². The van der Waals surface area contributed by atoms with Crippen molar-refractivity contribution in [3.8, 4) is 29.1 Å². The van der Waals surface area contributed by atoms with Crippen LogP contribution in [0.5, 0.6) is 11.8 Å². The van der Waals surface area contributed by atoms with Crippen LogP contribution >= 0.6 is 0 Å². The monoisotopic (exact) mass is 636 g/mol. The Bertz CT molecular complexity index is 2080. The Balaban J connectivity index is 1.46. The predicted octanol–water partition coefficient (Wildman–Crippen LogP) is 5.39.